The van der Waals surface area contributed by atoms with Crippen molar-refractivity contribution in [2.24, 2.45) is 0 Å². The summed E-state index contributed by atoms with van der Waals surface area (Å²) < 4.78 is 12.3. The summed E-state index contributed by atoms with van der Waals surface area (Å²) in [5.74, 6) is 2.62. The molecule has 0 amide bonds. The Balaban J connectivity index is 1.51. The van der Waals surface area contributed by atoms with Gasteiger partial charge in [0, 0.05) is 22.6 Å². The van der Waals surface area contributed by atoms with Crippen molar-refractivity contribution in [1.82, 2.24) is 15.2 Å². The molecule has 3 aromatic carbocycles. The summed E-state index contributed by atoms with van der Waals surface area (Å²) in [6.07, 6.45) is 1.32. The predicted octanol–water partition coefficient (Wildman–Crippen LogP) is 6.11. The van der Waals surface area contributed by atoms with Crippen molar-refractivity contribution in [3.8, 4) is 28.6 Å². The molecule has 1 aromatic heterocycles. The minimum absolute atomic E-state index is 0.434. The highest BCUT2D eigenvalue weighted by molar-refractivity contribution is 7.99. The van der Waals surface area contributed by atoms with Crippen LogP contribution in [-0.2, 0) is 0 Å². The van der Waals surface area contributed by atoms with Crippen molar-refractivity contribution in [3.05, 3.63) is 97.1 Å². The van der Waals surface area contributed by atoms with Gasteiger partial charge >= 0.3 is 0 Å². The van der Waals surface area contributed by atoms with Gasteiger partial charge in [-0.15, -0.1) is 16.8 Å². The van der Waals surface area contributed by atoms with Crippen molar-refractivity contribution in [3.63, 3.8) is 0 Å². The quantitative estimate of drug-likeness (QED) is 0.286. The lowest BCUT2D eigenvalue weighted by Gasteiger charge is -2.20. The Labute approximate surface area is 190 Å². The maximum absolute atomic E-state index is 6.33. The predicted molar refractivity (Wildman–Crippen MR) is 126 cm³/mol. The van der Waals surface area contributed by atoms with E-state index >= 15 is 0 Å². The summed E-state index contributed by atoms with van der Waals surface area (Å²) in [5, 5.41) is 12.7. The van der Waals surface area contributed by atoms with Gasteiger partial charge in [0.05, 0.1) is 0 Å². The second kappa shape index (κ2) is 9.11. The Kier molecular flexibility index (Phi) is 5.72. The van der Waals surface area contributed by atoms with Crippen molar-refractivity contribution < 1.29 is 9.47 Å². The standard InChI is InChI=1S/C25H20N4O2S/c1-2-15-32-25-27-24-22(28-29-25)20-13-6-7-14-21(20)26-23(31-24)17-9-8-12-19(16-17)30-18-10-4-3-5-11-18/h2-14,16,23,26H,1,15H2. The molecule has 1 aliphatic rings. The maximum Gasteiger partial charge on any atom is 0.247 e. The van der Waals surface area contributed by atoms with Crippen LogP contribution in [0.4, 0.5) is 5.69 Å². The molecule has 0 saturated carbocycles. The van der Waals surface area contributed by atoms with E-state index in [2.05, 4.69) is 27.1 Å². The van der Waals surface area contributed by atoms with Crippen LogP contribution in [0.15, 0.2) is 96.7 Å². The van der Waals surface area contributed by atoms with Gasteiger partial charge < -0.3 is 14.8 Å². The van der Waals surface area contributed by atoms with Gasteiger partial charge in [0.1, 0.15) is 11.5 Å². The summed E-state index contributed by atoms with van der Waals surface area (Å²) in [6, 6.07) is 25.4. The molecule has 0 spiro atoms. The molecule has 5 rings (SSSR count). The number of hydrogen-bond donors (Lipinski definition) is 1. The minimum atomic E-state index is -0.481. The number of aromatic nitrogens is 3. The summed E-state index contributed by atoms with van der Waals surface area (Å²) in [7, 11) is 0. The first kappa shape index (κ1) is 20.1. The van der Waals surface area contributed by atoms with Gasteiger partial charge in [0.15, 0.2) is 11.9 Å². The average molecular weight is 441 g/mol. The van der Waals surface area contributed by atoms with Crippen LogP contribution >= 0.6 is 11.8 Å². The zero-order valence-corrected chi connectivity index (χ0v) is 18.0. The molecule has 2 heterocycles. The Morgan fingerprint density at radius 3 is 2.66 bits per heavy atom. The fraction of sp³-hybridized carbons (Fsp3) is 0.0800. The summed E-state index contributed by atoms with van der Waals surface area (Å²) in [5.41, 5.74) is 3.30. The molecular weight excluding hydrogens is 420 g/mol. The molecule has 1 N–H and O–H groups in total. The van der Waals surface area contributed by atoms with Gasteiger partial charge in [0.25, 0.3) is 0 Å². The SMILES string of the molecule is C=CCSc1nnc2c(n1)OC(c1cccc(Oc3ccccc3)c1)Nc1ccccc1-2. The van der Waals surface area contributed by atoms with Crippen molar-refractivity contribution >= 4 is 17.4 Å². The number of anilines is 1. The lowest BCUT2D eigenvalue weighted by molar-refractivity contribution is 0.225. The fourth-order valence-electron chi connectivity index (χ4n) is 3.36. The normalized spacial score (nSPS) is 14.2. The van der Waals surface area contributed by atoms with Gasteiger partial charge in [-0.1, -0.05) is 66.4 Å². The number of rotatable bonds is 6. The topological polar surface area (TPSA) is 69.2 Å². The molecule has 158 valence electrons. The third-order valence-corrected chi connectivity index (χ3v) is 5.64. The number of hydrogen-bond acceptors (Lipinski definition) is 7. The molecule has 0 aliphatic carbocycles. The molecule has 1 atom stereocenters. The number of para-hydroxylation sites is 2. The van der Waals surface area contributed by atoms with E-state index < -0.39 is 6.23 Å². The van der Waals surface area contributed by atoms with Crippen LogP contribution in [0, 0.1) is 0 Å². The zero-order valence-electron chi connectivity index (χ0n) is 17.1. The Morgan fingerprint density at radius 2 is 1.78 bits per heavy atom. The molecule has 4 aromatic rings. The van der Waals surface area contributed by atoms with Crippen LogP contribution in [0.25, 0.3) is 11.3 Å². The van der Waals surface area contributed by atoms with Crippen LogP contribution in [0.2, 0.25) is 0 Å². The molecule has 7 heteroatoms. The molecule has 6 nitrogen and oxygen atoms in total. The van der Waals surface area contributed by atoms with Crippen LogP contribution in [0.1, 0.15) is 11.8 Å². The lowest BCUT2D eigenvalue weighted by atomic mass is 10.1. The molecule has 1 unspecified atom stereocenters. The number of fused-ring (bicyclic) bond motifs is 3. The number of nitrogens with zero attached hydrogens (tertiary/aromatic N) is 3. The van der Waals surface area contributed by atoms with Gasteiger partial charge in [-0.3, -0.25) is 0 Å². The zero-order chi connectivity index (χ0) is 21.8. The second-order valence-corrected chi connectivity index (χ2v) is 8.01. The highest BCUT2D eigenvalue weighted by Crippen LogP contribution is 2.40. The van der Waals surface area contributed by atoms with E-state index in [1.54, 1.807) is 6.08 Å². The molecule has 0 radical (unpaired) electrons. The Morgan fingerprint density at radius 1 is 0.969 bits per heavy atom. The third-order valence-electron chi connectivity index (χ3n) is 4.80. The van der Waals surface area contributed by atoms with E-state index in [1.165, 1.54) is 11.8 Å². The first-order valence-electron chi connectivity index (χ1n) is 10.1. The summed E-state index contributed by atoms with van der Waals surface area (Å²) in [6.45, 7) is 3.75. The largest absolute Gasteiger partial charge is 0.457 e. The third kappa shape index (κ3) is 4.29. The maximum atomic E-state index is 6.33. The van der Waals surface area contributed by atoms with Crippen LogP contribution in [0.5, 0.6) is 17.4 Å². The van der Waals surface area contributed by atoms with Crippen LogP contribution in [-0.4, -0.2) is 20.9 Å². The van der Waals surface area contributed by atoms with E-state index in [0.29, 0.717) is 22.5 Å². The van der Waals surface area contributed by atoms with Crippen molar-refractivity contribution in [2.45, 2.75) is 11.4 Å². The van der Waals surface area contributed by atoms with Crippen molar-refractivity contribution in [1.29, 1.82) is 0 Å². The molecule has 1 aliphatic heterocycles. The van der Waals surface area contributed by atoms with E-state index in [1.807, 2.05) is 78.9 Å². The molecule has 0 saturated heterocycles. The summed E-state index contributed by atoms with van der Waals surface area (Å²) >= 11 is 1.46. The van der Waals surface area contributed by atoms with Gasteiger partial charge in [-0.25, -0.2) is 0 Å². The minimum Gasteiger partial charge on any atom is -0.457 e. The highest BCUT2D eigenvalue weighted by Gasteiger charge is 2.26. The van der Waals surface area contributed by atoms with E-state index in [-0.39, 0.29) is 0 Å². The van der Waals surface area contributed by atoms with Crippen molar-refractivity contribution in [2.75, 3.05) is 11.1 Å². The number of ether oxygens (including phenoxy) is 2. The van der Waals surface area contributed by atoms with E-state index in [0.717, 1.165) is 28.3 Å². The second-order valence-electron chi connectivity index (χ2n) is 7.02. The smallest absolute Gasteiger partial charge is 0.247 e. The fourth-order valence-corrected chi connectivity index (χ4v) is 3.87. The van der Waals surface area contributed by atoms with Gasteiger partial charge in [0.2, 0.25) is 11.0 Å². The van der Waals surface area contributed by atoms with Gasteiger partial charge in [-0.05, 0) is 30.3 Å². The molecule has 32 heavy (non-hydrogen) atoms. The Bertz CT molecular complexity index is 1250. The van der Waals surface area contributed by atoms with Crippen LogP contribution in [0.3, 0.4) is 0 Å². The number of thioether (sulfide) groups is 1. The monoisotopic (exact) mass is 440 g/mol. The van der Waals surface area contributed by atoms with E-state index in [9.17, 15) is 0 Å². The molecule has 0 fully saturated rings. The lowest BCUT2D eigenvalue weighted by Crippen LogP contribution is -2.17. The summed E-state index contributed by atoms with van der Waals surface area (Å²) in [4.78, 5) is 4.62. The number of nitrogens with one attached hydrogen (secondary N) is 1. The highest BCUT2D eigenvalue weighted by atomic mass is 32.2. The van der Waals surface area contributed by atoms with Gasteiger partial charge in [-0.2, -0.15) is 4.98 Å². The Hall–Kier alpha value is -3.84. The number of benzene rings is 3. The first-order chi connectivity index (χ1) is 15.8. The van der Waals surface area contributed by atoms with E-state index in [4.69, 9.17) is 9.47 Å². The molecular formula is C25H20N4O2S. The first-order valence-corrected chi connectivity index (χ1v) is 11.1. The van der Waals surface area contributed by atoms with Crippen LogP contribution < -0.4 is 14.8 Å². The molecule has 0 bridgehead atoms. The average Bonchev–Trinajstić information content (AvgIpc) is 3.00.